The molecule has 98 valence electrons. The molecular formula is C17H24O. The second-order valence-electron chi connectivity index (χ2n) is 5.14. The van der Waals surface area contributed by atoms with Gasteiger partial charge in [0.25, 0.3) is 0 Å². The third kappa shape index (κ3) is 4.45. The summed E-state index contributed by atoms with van der Waals surface area (Å²) in [5, 5.41) is 0. The van der Waals surface area contributed by atoms with Gasteiger partial charge in [0.15, 0.2) is 0 Å². The summed E-state index contributed by atoms with van der Waals surface area (Å²) in [6, 6.07) is 8.29. The molecule has 0 spiro atoms. The van der Waals surface area contributed by atoms with Crippen LogP contribution in [0.1, 0.15) is 51.5 Å². The second kappa shape index (κ2) is 7.82. The lowest BCUT2D eigenvalue weighted by Crippen LogP contribution is -2.08. The molecule has 1 atom stereocenters. The third-order valence-corrected chi connectivity index (χ3v) is 2.93. The van der Waals surface area contributed by atoms with Crippen LogP contribution in [0.3, 0.4) is 0 Å². The molecule has 1 rings (SSSR count). The first-order valence-corrected chi connectivity index (χ1v) is 6.84. The summed E-state index contributed by atoms with van der Waals surface area (Å²) in [7, 11) is 0. The Labute approximate surface area is 112 Å². The maximum absolute atomic E-state index is 5.90. The minimum Gasteiger partial charge on any atom is -0.493 e. The van der Waals surface area contributed by atoms with Crippen molar-refractivity contribution in [3.63, 3.8) is 0 Å². The van der Waals surface area contributed by atoms with Gasteiger partial charge in [-0.05, 0) is 29.9 Å². The lowest BCUT2D eigenvalue weighted by atomic mass is 9.91. The molecule has 0 aliphatic carbocycles. The summed E-state index contributed by atoms with van der Waals surface area (Å²) in [6.45, 7) is 7.27. The van der Waals surface area contributed by atoms with Crippen molar-refractivity contribution in [1.29, 1.82) is 0 Å². The molecule has 0 aromatic heterocycles. The van der Waals surface area contributed by atoms with Crippen LogP contribution in [0.2, 0.25) is 0 Å². The van der Waals surface area contributed by atoms with Crippen LogP contribution in [0.25, 0.3) is 0 Å². The molecule has 0 bridgehead atoms. The molecule has 1 unspecified atom stereocenters. The highest BCUT2D eigenvalue weighted by Gasteiger charge is 2.14. The fraction of sp³-hybridized carbons (Fsp3) is 0.529. The molecule has 0 N–H and O–H groups in total. The van der Waals surface area contributed by atoms with Crippen molar-refractivity contribution in [2.24, 2.45) is 5.92 Å². The summed E-state index contributed by atoms with van der Waals surface area (Å²) in [4.78, 5) is 0. The molecular weight excluding hydrogens is 220 g/mol. The maximum Gasteiger partial charge on any atom is 0.122 e. The molecule has 1 aromatic rings. The van der Waals surface area contributed by atoms with Crippen molar-refractivity contribution in [1.82, 2.24) is 0 Å². The van der Waals surface area contributed by atoms with E-state index in [2.05, 4.69) is 44.9 Å². The van der Waals surface area contributed by atoms with Crippen LogP contribution in [-0.2, 0) is 0 Å². The van der Waals surface area contributed by atoms with Crippen molar-refractivity contribution in [3.8, 4) is 18.1 Å². The molecule has 1 heteroatoms. The zero-order chi connectivity index (χ0) is 13.4. The molecule has 0 fully saturated rings. The smallest absolute Gasteiger partial charge is 0.122 e. The highest BCUT2D eigenvalue weighted by molar-refractivity contribution is 5.37. The first-order chi connectivity index (χ1) is 8.69. The Hall–Kier alpha value is -1.42. The van der Waals surface area contributed by atoms with E-state index in [1.165, 1.54) is 5.56 Å². The second-order valence-corrected chi connectivity index (χ2v) is 5.14. The Bertz CT molecular complexity index is 387. The zero-order valence-electron chi connectivity index (χ0n) is 11.8. The van der Waals surface area contributed by atoms with E-state index in [0.29, 0.717) is 11.8 Å². The molecule has 0 saturated heterocycles. The predicted molar refractivity (Wildman–Crippen MR) is 77.9 cm³/mol. The van der Waals surface area contributed by atoms with E-state index < -0.39 is 0 Å². The van der Waals surface area contributed by atoms with Crippen molar-refractivity contribution >= 4 is 0 Å². The summed E-state index contributed by atoms with van der Waals surface area (Å²) in [5.74, 6) is 4.74. The first-order valence-electron chi connectivity index (χ1n) is 6.84. The van der Waals surface area contributed by atoms with Gasteiger partial charge in [0.2, 0.25) is 0 Å². The van der Waals surface area contributed by atoms with Gasteiger partial charge < -0.3 is 4.74 Å². The monoisotopic (exact) mass is 244 g/mol. The lowest BCUT2D eigenvalue weighted by Gasteiger charge is -2.19. The van der Waals surface area contributed by atoms with Crippen molar-refractivity contribution in [2.75, 3.05) is 6.61 Å². The van der Waals surface area contributed by atoms with E-state index >= 15 is 0 Å². The van der Waals surface area contributed by atoms with Crippen molar-refractivity contribution in [3.05, 3.63) is 29.8 Å². The molecule has 1 aromatic carbocycles. The van der Waals surface area contributed by atoms with Gasteiger partial charge in [-0.25, -0.2) is 0 Å². The van der Waals surface area contributed by atoms with Crippen LogP contribution < -0.4 is 4.74 Å². The third-order valence-electron chi connectivity index (χ3n) is 2.93. The quantitative estimate of drug-likeness (QED) is 0.635. The van der Waals surface area contributed by atoms with Gasteiger partial charge in [-0.15, -0.1) is 12.3 Å². The zero-order valence-corrected chi connectivity index (χ0v) is 11.8. The molecule has 0 aliphatic rings. The van der Waals surface area contributed by atoms with Crippen LogP contribution in [0.15, 0.2) is 24.3 Å². The van der Waals surface area contributed by atoms with Crippen molar-refractivity contribution in [2.45, 2.75) is 46.0 Å². The normalized spacial score (nSPS) is 12.2. The molecule has 0 aliphatic heterocycles. The minimum atomic E-state index is 0.420. The molecule has 0 amide bonds. The summed E-state index contributed by atoms with van der Waals surface area (Å²) < 4.78 is 5.90. The molecule has 1 nitrogen and oxygen atoms in total. The van der Waals surface area contributed by atoms with E-state index in [4.69, 9.17) is 11.2 Å². The van der Waals surface area contributed by atoms with Gasteiger partial charge >= 0.3 is 0 Å². The largest absolute Gasteiger partial charge is 0.493 e. The van der Waals surface area contributed by atoms with Gasteiger partial charge in [0.1, 0.15) is 5.75 Å². The number of ether oxygens (including phenoxy) is 1. The van der Waals surface area contributed by atoms with Crippen LogP contribution >= 0.6 is 0 Å². The van der Waals surface area contributed by atoms with E-state index in [9.17, 15) is 0 Å². The first kappa shape index (κ1) is 14.6. The average Bonchev–Trinajstić information content (AvgIpc) is 2.36. The average molecular weight is 244 g/mol. The maximum atomic E-state index is 5.90. The van der Waals surface area contributed by atoms with Crippen LogP contribution in [0.4, 0.5) is 0 Å². The van der Waals surface area contributed by atoms with Crippen molar-refractivity contribution < 1.29 is 4.74 Å². The minimum absolute atomic E-state index is 0.420. The highest BCUT2D eigenvalue weighted by atomic mass is 16.5. The summed E-state index contributed by atoms with van der Waals surface area (Å²) in [6.07, 6.45) is 8.53. The summed E-state index contributed by atoms with van der Waals surface area (Å²) in [5.41, 5.74) is 1.26. The van der Waals surface area contributed by atoms with E-state index in [1.54, 1.807) is 0 Å². The molecule has 0 radical (unpaired) electrons. The van der Waals surface area contributed by atoms with E-state index in [-0.39, 0.29) is 0 Å². The van der Waals surface area contributed by atoms with Gasteiger partial charge in [-0.1, -0.05) is 45.4 Å². The Morgan fingerprint density at radius 1 is 1.28 bits per heavy atom. The van der Waals surface area contributed by atoms with Crippen LogP contribution in [0, 0.1) is 18.3 Å². The molecule has 0 heterocycles. The fourth-order valence-corrected chi connectivity index (χ4v) is 2.06. The Kier molecular flexibility index (Phi) is 6.36. The number of hydrogen-bond acceptors (Lipinski definition) is 1. The van der Waals surface area contributed by atoms with Gasteiger partial charge in [-0.2, -0.15) is 0 Å². The molecule has 18 heavy (non-hydrogen) atoms. The topological polar surface area (TPSA) is 9.23 Å². The Balaban J connectivity index is 2.87. The van der Waals surface area contributed by atoms with Gasteiger partial charge in [0.05, 0.1) is 6.61 Å². The predicted octanol–water partition coefficient (Wildman–Crippen LogP) is 4.63. The van der Waals surface area contributed by atoms with E-state index in [0.717, 1.165) is 31.6 Å². The number of benzene rings is 1. The van der Waals surface area contributed by atoms with Crippen LogP contribution in [-0.4, -0.2) is 6.61 Å². The fourth-order valence-electron chi connectivity index (χ4n) is 2.06. The lowest BCUT2D eigenvalue weighted by molar-refractivity contribution is 0.267. The van der Waals surface area contributed by atoms with Gasteiger partial charge in [0, 0.05) is 6.42 Å². The van der Waals surface area contributed by atoms with Crippen LogP contribution in [0.5, 0.6) is 5.75 Å². The Morgan fingerprint density at radius 2 is 2.00 bits per heavy atom. The summed E-state index contributed by atoms with van der Waals surface area (Å²) >= 11 is 0. The number of rotatable bonds is 7. The van der Waals surface area contributed by atoms with E-state index in [1.807, 2.05) is 6.07 Å². The number of terminal acetylenes is 1. The SMILES string of the molecule is C#CCC(CCC)c1ccccc1OCC(C)C. The number of para-hydroxylation sites is 1. The Morgan fingerprint density at radius 3 is 2.61 bits per heavy atom. The standard InChI is InChI=1S/C17H24O/c1-5-9-15(10-6-2)16-11-7-8-12-17(16)18-13-14(3)4/h1,7-8,11-12,14-15H,6,9-10,13H2,2-4H3. The molecule has 0 saturated carbocycles. The van der Waals surface area contributed by atoms with Gasteiger partial charge in [-0.3, -0.25) is 0 Å². The highest BCUT2D eigenvalue weighted by Crippen LogP contribution is 2.32. The number of hydrogen-bond donors (Lipinski definition) is 0.